The van der Waals surface area contributed by atoms with Crippen LogP contribution in [-0.4, -0.2) is 32.8 Å². The minimum atomic E-state index is -3.47. The number of hydrogen-bond donors (Lipinski definition) is 0. The van der Waals surface area contributed by atoms with Crippen LogP contribution in [0.25, 0.3) is 0 Å². The van der Waals surface area contributed by atoms with Crippen LogP contribution in [0.1, 0.15) is 24.8 Å². The Labute approximate surface area is 131 Å². The largest absolute Gasteiger partial charge is 0.461 e. The van der Waals surface area contributed by atoms with Gasteiger partial charge in [0.05, 0.1) is 10.8 Å². The van der Waals surface area contributed by atoms with Crippen LogP contribution >= 0.6 is 0 Å². The number of carbonyl (C=O) groups excluding carboxylic acids is 1. The molecule has 0 heterocycles. The number of rotatable bonds is 5. The molecule has 6 heteroatoms. The summed E-state index contributed by atoms with van der Waals surface area (Å²) in [7, 11) is -0.505. The summed E-state index contributed by atoms with van der Waals surface area (Å²) in [5.41, 5.74) is 0.669. The van der Waals surface area contributed by atoms with Crippen molar-refractivity contribution in [2.24, 2.45) is 5.92 Å². The van der Waals surface area contributed by atoms with Gasteiger partial charge in [0.2, 0.25) is 10.0 Å². The minimum Gasteiger partial charge on any atom is -0.461 e. The first-order chi connectivity index (χ1) is 10.4. The standard InChI is InChI=1S/C16H21NO4S/c1-17(2)22(19,20)15-10-6-7-13(11-15)12-21-16(18)14-8-4-3-5-9-14/h3-4,6-7,10-11,14H,5,8-9,12H2,1-2H3/t14-/m1/s1. The average Bonchev–Trinajstić information content (AvgIpc) is 2.53. The lowest BCUT2D eigenvalue weighted by Crippen LogP contribution is -2.22. The molecule has 1 aliphatic carbocycles. The first-order valence-corrected chi connectivity index (χ1v) is 8.68. The summed E-state index contributed by atoms with van der Waals surface area (Å²) in [6.45, 7) is 0.0931. The molecule has 1 aliphatic rings. The van der Waals surface area contributed by atoms with Crippen LogP contribution in [-0.2, 0) is 26.2 Å². The van der Waals surface area contributed by atoms with Crippen molar-refractivity contribution in [1.82, 2.24) is 4.31 Å². The van der Waals surface area contributed by atoms with Gasteiger partial charge in [-0.3, -0.25) is 4.79 Å². The highest BCUT2D eigenvalue weighted by atomic mass is 32.2. The van der Waals surface area contributed by atoms with Crippen molar-refractivity contribution in [3.05, 3.63) is 42.0 Å². The van der Waals surface area contributed by atoms with E-state index in [1.807, 2.05) is 6.08 Å². The fourth-order valence-corrected chi connectivity index (χ4v) is 3.26. The lowest BCUT2D eigenvalue weighted by molar-refractivity contribution is -0.150. The molecule has 0 unspecified atom stereocenters. The van der Waals surface area contributed by atoms with Gasteiger partial charge in [0, 0.05) is 14.1 Å². The summed E-state index contributed by atoms with van der Waals surface area (Å²) >= 11 is 0. The smallest absolute Gasteiger partial charge is 0.309 e. The third-order valence-electron chi connectivity index (χ3n) is 3.66. The minimum absolute atomic E-state index is 0.0845. The first-order valence-electron chi connectivity index (χ1n) is 7.24. The number of esters is 1. The number of benzene rings is 1. The van der Waals surface area contributed by atoms with Crippen molar-refractivity contribution in [2.45, 2.75) is 30.8 Å². The zero-order valence-electron chi connectivity index (χ0n) is 12.9. The third kappa shape index (κ3) is 3.96. The zero-order valence-corrected chi connectivity index (χ0v) is 13.7. The number of nitrogens with zero attached hydrogens (tertiary/aromatic N) is 1. The molecular formula is C16H21NO4S. The summed E-state index contributed by atoms with van der Waals surface area (Å²) in [6.07, 6.45) is 6.49. The highest BCUT2D eigenvalue weighted by Crippen LogP contribution is 2.21. The van der Waals surface area contributed by atoms with Crippen LogP contribution < -0.4 is 0 Å². The van der Waals surface area contributed by atoms with Gasteiger partial charge in [0.1, 0.15) is 6.61 Å². The molecule has 0 aromatic heterocycles. The van der Waals surface area contributed by atoms with E-state index in [4.69, 9.17) is 4.74 Å². The Balaban J connectivity index is 2.02. The topological polar surface area (TPSA) is 63.7 Å². The Kier molecular flexibility index (Phi) is 5.37. The Morgan fingerprint density at radius 1 is 1.32 bits per heavy atom. The Bertz CT molecular complexity index is 664. The van der Waals surface area contributed by atoms with Gasteiger partial charge >= 0.3 is 5.97 Å². The van der Waals surface area contributed by atoms with Crippen molar-refractivity contribution in [2.75, 3.05) is 14.1 Å². The maximum absolute atomic E-state index is 12.1. The van der Waals surface area contributed by atoms with Gasteiger partial charge in [0.25, 0.3) is 0 Å². The number of hydrogen-bond acceptors (Lipinski definition) is 4. The predicted molar refractivity (Wildman–Crippen MR) is 83.6 cm³/mol. The van der Waals surface area contributed by atoms with Gasteiger partial charge in [-0.15, -0.1) is 0 Å². The summed E-state index contributed by atoms with van der Waals surface area (Å²) in [4.78, 5) is 12.2. The highest BCUT2D eigenvalue weighted by Gasteiger charge is 2.21. The summed E-state index contributed by atoms with van der Waals surface area (Å²) < 4.78 is 30.6. The quantitative estimate of drug-likeness (QED) is 0.616. The van der Waals surface area contributed by atoms with Gasteiger partial charge in [-0.1, -0.05) is 24.3 Å². The third-order valence-corrected chi connectivity index (χ3v) is 5.47. The van der Waals surface area contributed by atoms with E-state index in [0.29, 0.717) is 12.0 Å². The molecule has 120 valence electrons. The fourth-order valence-electron chi connectivity index (χ4n) is 2.29. The Morgan fingerprint density at radius 3 is 2.73 bits per heavy atom. The lowest BCUT2D eigenvalue weighted by atomic mass is 9.95. The molecule has 1 aromatic rings. The normalized spacial score (nSPS) is 18.4. The van der Waals surface area contributed by atoms with E-state index in [0.717, 1.165) is 17.1 Å². The van der Waals surface area contributed by atoms with Gasteiger partial charge in [0.15, 0.2) is 0 Å². The van der Waals surface area contributed by atoms with E-state index < -0.39 is 10.0 Å². The van der Waals surface area contributed by atoms with Crippen LogP contribution in [0.2, 0.25) is 0 Å². The van der Waals surface area contributed by atoms with Crippen molar-refractivity contribution < 1.29 is 17.9 Å². The predicted octanol–water partition coefficient (Wildman–Crippen LogP) is 2.34. The van der Waals surface area contributed by atoms with E-state index in [1.165, 1.54) is 20.2 Å². The number of ether oxygens (including phenoxy) is 1. The second-order valence-corrected chi connectivity index (χ2v) is 7.68. The molecule has 0 N–H and O–H groups in total. The molecule has 22 heavy (non-hydrogen) atoms. The molecule has 0 fully saturated rings. The van der Waals surface area contributed by atoms with Crippen molar-refractivity contribution >= 4 is 16.0 Å². The fraction of sp³-hybridized carbons (Fsp3) is 0.438. The molecule has 1 aromatic carbocycles. The van der Waals surface area contributed by atoms with Crippen molar-refractivity contribution in [1.29, 1.82) is 0 Å². The number of allylic oxidation sites excluding steroid dienone is 2. The first kappa shape index (κ1) is 16.7. The Hall–Kier alpha value is -1.66. The summed E-state index contributed by atoms with van der Waals surface area (Å²) in [5.74, 6) is -0.302. The van der Waals surface area contributed by atoms with Crippen LogP contribution in [0.15, 0.2) is 41.3 Å². The maximum atomic E-state index is 12.1. The van der Waals surface area contributed by atoms with Crippen LogP contribution in [0.4, 0.5) is 0 Å². The van der Waals surface area contributed by atoms with Gasteiger partial charge < -0.3 is 4.74 Å². The van der Waals surface area contributed by atoms with Crippen molar-refractivity contribution in [3.63, 3.8) is 0 Å². The zero-order chi connectivity index (χ0) is 16.2. The average molecular weight is 323 g/mol. The van der Waals surface area contributed by atoms with E-state index in [2.05, 4.69) is 6.08 Å². The second kappa shape index (κ2) is 7.07. The Morgan fingerprint density at radius 2 is 2.09 bits per heavy atom. The molecule has 0 amide bonds. The molecule has 1 atom stereocenters. The van der Waals surface area contributed by atoms with Crippen molar-refractivity contribution in [3.8, 4) is 0 Å². The van der Waals surface area contributed by atoms with Crippen LogP contribution in [0.5, 0.6) is 0 Å². The summed E-state index contributed by atoms with van der Waals surface area (Å²) in [6, 6.07) is 6.49. The molecule has 0 radical (unpaired) electrons. The molecule has 0 saturated carbocycles. The van der Waals surface area contributed by atoms with Crippen LogP contribution in [0, 0.1) is 5.92 Å². The van der Waals surface area contributed by atoms with Gasteiger partial charge in [-0.2, -0.15) is 0 Å². The van der Waals surface area contributed by atoms with Gasteiger partial charge in [-0.25, -0.2) is 12.7 Å². The molecule has 0 saturated heterocycles. The molecule has 0 spiro atoms. The highest BCUT2D eigenvalue weighted by molar-refractivity contribution is 7.89. The molecular weight excluding hydrogens is 302 g/mol. The van der Waals surface area contributed by atoms with E-state index in [1.54, 1.807) is 18.2 Å². The molecule has 5 nitrogen and oxygen atoms in total. The molecule has 0 aliphatic heterocycles. The maximum Gasteiger partial charge on any atom is 0.309 e. The lowest BCUT2D eigenvalue weighted by Gasteiger charge is -2.17. The monoisotopic (exact) mass is 323 g/mol. The van der Waals surface area contributed by atoms with E-state index in [9.17, 15) is 13.2 Å². The van der Waals surface area contributed by atoms with Gasteiger partial charge in [-0.05, 0) is 37.0 Å². The molecule has 0 bridgehead atoms. The second-order valence-electron chi connectivity index (χ2n) is 5.52. The number of sulfonamides is 1. The van der Waals surface area contributed by atoms with Crippen LogP contribution in [0.3, 0.4) is 0 Å². The molecule has 2 rings (SSSR count). The number of carbonyl (C=O) groups is 1. The van der Waals surface area contributed by atoms with E-state index >= 15 is 0 Å². The van der Waals surface area contributed by atoms with E-state index in [-0.39, 0.29) is 23.4 Å². The SMILES string of the molecule is CN(C)S(=O)(=O)c1cccc(COC(=O)[C@@H]2CC=CCC2)c1. The summed E-state index contributed by atoms with van der Waals surface area (Å²) in [5, 5.41) is 0.